The van der Waals surface area contributed by atoms with Crippen LogP contribution in [0.1, 0.15) is 57.6 Å². The molecule has 0 unspecified atom stereocenters. The number of ether oxygens (including phenoxy) is 2. The number of carbonyl (C=O) groups excluding carboxylic acids is 3. The Morgan fingerprint density at radius 3 is 2.38 bits per heavy atom. The molecule has 1 aromatic heterocycles. The van der Waals surface area contributed by atoms with Gasteiger partial charge < -0.3 is 24.5 Å². The van der Waals surface area contributed by atoms with Crippen molar-refractivity contribution in [1.82, 2.24) is 15.6 Å². The molecule has 0 saturated carbocycles. The molecule has 2 aromatic rings. The SMILES string of the molecule is COC(=O)[C@H](CO[Si](C)(C)C(C)(C)C)NC(=O)c1csc(-c2cccc(CNC(=O)OC(C)(C)C)c2)n1. The minimum Gasteiger partial charge on any atom is -0.467 e. The van der Waals surface area contributed by atoms with Gasteiger partial charge in [-0.3, -0.25) is 4.79 Å². The average Bonchev–Trinajstić information content (AvgIpc) is 3.29. The fourth-order valence-corrected chi connectivity index (χ4v) is 4.68. The average molecular weight is 550 g/mol. The molecular formula is C26H39N3O6SSi. The number of amides is 2. The highest BCUT2D eigenvalue weighted by molar-refractivity contribution is 7.13. The summed E-state index contributed by atoms with van der Waals surface area (Å²) < 4.78 is 16.3. The lowest BCUT2D eigenvalue weighted by molar-refractivity contribution is -0.143. The molecule has 0 aliphatic carbocycles. The molecule has 0 radical (unpaired) electrons. The number of aromatic nitrogens is 1. The largest absolute Gasteiger partial charge is 0.467 e. The highest BCUT2D eigenvalue weighted by atomic mass is 32.1. The van der Waals surface area contributed by atoms with Gasteiger partial charge in [-0.25, -0.2) is 14.6 Å². The van der Waals surface area contributed by atoms with Crippen molar-refractivity contribution in [3.63, 3.8) is 0 Å². The van der Waals surface area contributed by atoms with Crippen molar-refractivity contribution in [2.24, 2.45) is 0 Å². The molecular weight excluding hydrogens is 510 g/mol. The Morgan fingerprint density at radius 1 is 1.11 bits per heavy atom. The standard InChI is InChI=1S/C26H39N3O6SSi/c1-25(2,3)35-24(32)27-14-17-11-10-12-18(13-17)22-29-20(16-36-22)21(30)28-19(23(31)33-7)15-34-37(8,9)26(4,5)6/h10-13,16,19H,14-15H2,1-9H3,(H,27,32)(H,28,30)/t19-/m0/s1. The van der Waals surface area contributed by atoms with Gasteiger partial charge in [0.05, 0.1) is 13.7 Å². The van der Waals surface area contributed by atoms with Gasteiger partial charge in [0.1, 0.15) is 22.3 Å². The minimum atomic E-state index is -2.13. The molecule has 37 heavy (non-hydrogen) atoms. The predicted octanol–water partition coefficient (Wildman–Crippen LogP) is 5.13. The van der Waals surface area contributed by atoms with E-state index in [0.29, 0.717) is 5.01 Å². The Kier molecular flexibility index (Phi) is 10.0. The molecule has 0 spiro atoms. The third-order valence-corrected chi connectivity index (χ3v) is 11.3. The van der Waals surface area contributed by atoms with E-state index >= 15 is 0 Å². The fourth-order valence-electron chi connectivity index (χ4n) is 2.86. The summed E-state index contributed by atoms with van der Waals surface area (Å²) in [6, 6.07) is 6.56. The van der Waals surface area contributed by atoms with E-state index in [1.54, 1.807) is 26.2 Å². The van der Waals surface area contributed by atoms with Crippen molar-refractivity contribution < 1.29 is 28.3 Å². The summed E-state index contributed by atoms with van der Waals surface area (Å²) in [5, 5.41) is 7.66. The number of benzene rings is 1. The third-order valence-electron chi connectivity index (χ3n) is 5.95. The number of thiazole rings is 1. The smallest absolute Gasteiger partial charge is 0.407 e. The number of esters is 1. The van der Waals surface area contributed by atoms with Crippen LogP contribution in [-0.2, 0) is 25.2 Å². The lowest BCUT2D eigenvalue weighted by Crippen LogP contribution is -2.49. The van der Waals surface area contributed by atoms with Crippen LogP contribution in [0.5, 0.6) is 0 Å². The van der Waals surface area contributed by atoms with Crippen molar-refractivity contribution in [3.05, 3.63) is 40.9 Å². The van der Waals surface area contributed by atoms with E-state index in [-0.39, 0.29) is 23.9 Å². The highest BCUT2D eigenvalue weighted by Gasteiger charge is 2.38. The van der Waals surface area contributed by atoms with Gasteiger partial charge in [0.2, 0.25) is 0 Å². The lowest BCUT2D eigenvalue weighted by atomic mass is 10.1. The van der Waals surface area contributed by atoms with Gasteiger partial charge in [0, 0.05) is 17.5 Å². The van der Waals surface area contributed by atoms with Gasteiger partial charge in [0.25, 0.3) is 5.91 Å². The van der Waals surface area contributed by atoms with Crippen molar-refractivity contribution in [1.29, 1.82) is 0 Å². The first-order chi connectivity index (χ1) is 17.0. The molecule has 2 rings (SSSR count). The monoisotopic (exact) mass is 549 g/mol. The van der Waals surface area contributed by atoms with Crippen molar-refractivity contribution in [3.8, 4) is 10.6 Å². The molecule has 0 aliphatic rings. The molecule has 1 heterocycles. The van der Waals surface area contributed by atoms with E-state index in [9.17, 15) is 14.4 Å². The normalized spacial score (nSPS) is 13.0. The quantitative estimate of drug-likeness (QED) is 0.329. The Morgan fingerprint density at radius 2 is 1.78 bits per heavy atom. The number of rotatable bonds is 9. The van der Waals surface area contributed by atoms with Crippen LogP contribution in [0.4, 0.5) is 4.79 Å². The maximum Gasteiger partial charge on any atom is 0.407 e. The van der Waals surface area contributed by atoms with Crippen LogP contribution in [0.2, 0.25) is 18.1 Å². The van der Waals surface area contributed by atoms with Crippen LogP contribution in [0.15, 0.2) is 29.6 Å². The van der Waals surface area contributed by atoms with E-state index in [0.717, 1.165) is 11.1 Å². The molecule has 2 amide bonds. The highest BCUT2D eigenvalue weighted by Crippen LogP contribution is 2.36. The zero-order valence-electron chi connectivity index (χ0n) is 23.2. The molecule has 0 aliphatic heterocycles. The van der Waals surface area contributed by atoms with Crippen LogP contribution < -0.4 is 10.6 Å². The molecule has 0 saturated heterocycles. The first kappa shape index (κ1) is 30.5. The molecule has 1 aromatic carbocycles. The summed E-state index contributed by atoms with van der Waals surface area (Å²) >= 11 is 1.31. The maximum absolute atomic E-state index is 12.9. The van der Waals surface area contributed by atoms with Crippen molar-refractivity contribution >= 4 is 37.6 Å². The minimum absolute atomic E-state index is 0.0264. The number of nitrogens with one attached hydrogen (secondary N) is 2. The van der Waals surface area contributed by atoms with Gasteiger partial charge in [0.15, 0.2) is 8.32 Å². The van der Waals surface area contributed by atoms with Crippen LogP contribution in [0.25, 0.3) is 10.6 Å². The third kappa shape index (κ3) is 9.24. The first-order valence-corrected chi connectivity index (χ1v) is 15.9. The van der Waals surface area contributed by atoms with Gasteiger partial charge in [-0.15, -0.1) is 11.3 Å². The molecule has 0 bridgehead atoms. The van der Waals surface area contributed by atoms with Crippen LogP contribution in [0, 0.1) is 0 Å². The van der Waals surface area contributed by atoms with E-state index in [2.05, 4.69) is 49.5 Å². The predicted molar refractivity (Wildman–Crippen MR) is 147 cm³/mol. The van der Waals surface area contributed by atoms with Crippen LogP contribution >= 0.6 is 11.3 Å². The number of alkyl carbamates (subject to hydrolysis) is 1. The number of hydrogen-bond acceptors (Lipinski definition) is 8. The second-order valence-corrected chi connectivity index (χ2v) is 16.9. The van der Waals surface area contributed by atoms with E-state index < -0.39 is 37.9 Å². The second kappa shape index (κ2) is 12.2. The summed E-state index contributed by atoms with van der Waals surface area (Å²) in [6.45, 7) is 16.2. The van der Waals surface area contributed by atoms with Crippen LogP contribution in [-0.4, -0.2) is 56.6 Å². The van der Waals surface area contributed by atoms with Gasteiger partial charge >= 0.3 is 12.1 Å². The Hall–Kier alpha value is -2.76. The number of carbonyl (C=O) groups is 3. The van der Waals surface area contributed by atoms with Crippen LogP contribution in [0.3, 0.4) is 0 Å². The Balaban J connectivity index is 2.08. The molecule has 2 N–H and O–H groups in total. The first-order valence-electron chi connectivity index (χ1n) is 12.1. The molecule has 204 valence electrons. The zero-order chi connectivity index (χ0) is 28.0. The zero-order valence-corrected chi connectivity index (χ0v) is 25.0. The van der Waals surface area contributed by atoms with E-state index in [1.165, 1.54) is 18.4 Å². The molecule has 0 fully saturated rings. The summed E-state index contributed by atoms with van der Waals surface area (Å²) in [5.41, 5.74) is 1.28. The Labute approximate surface area is 224 Å². The summed E-state index contributed by atoms with van der Waals surface area (Å²) in [5.74, 6) is -1.06. The number of nitrogens with zero attached hydrogens (tertiary/aromatic N) is 1. The second-order valence-electron chi connectivity index (χ2n) is 11.2. The van der Waals surface area contributed by atoms with E-state index in [4.69, 9.17) is 13.9 Å². The fraction of sp³-hybridized carbons (Fsp3) is 0.538. The topological polar surface area (TPSA) is 116 Å². The van der Waals surface area contributed by atoms with E-state index in [1.807, 2.05) is 24.3 Å². The number of methoxy groups -OCH3 is 1. The number of hydrogen-bond donors (Lipinski definition) is 2. The van der Waals surface area contributed by atoms with Gasteiger partial charge in [-0.05, 0) is 50.5 Å². The lowest BCUT2D eigenvalue weighted by Gasteiger charge is -2.37. The Bertz CT molecular complexity index is 1100. The summed E-state index contributed by atoms with van der Waals surface area (Å²) in [7, 11) is -0.858. The maximum atomic E-state index is 12.9. The van der Waals surface area contributed by atoms with Gasteiger partial charge in [-0.1, -0.05) is 39.0 Å². The molecule has 11 heteroatoms. The molecule has 1 atom stereocenters. The summed E-state index contributed by atoms with van der Waals surface area (Å²) in [6.07, 6.45) is -0.496. The molecule has 9 nitrogen and oxygen atoms in total. The van der Waals surface area contributed by atoms with Crippen molar-refractivity contribution in [2.75, 3.05) is 13.7 Å². The van der Waals surface area contributed by atoms with Crippen molar-refractivity contribution in [2.45, 2.75) is 77.9 Å². The summed E-state index contributed by atoms with van der Waals surface area (Å²) in [4.78, 5) is 41.7. The van der Waals surface area contributed by atoms with Gasteiger partial charge in [-0.2, -0.15) is 0 Å².